The van der Waals surface area contributed by atoms with Crippen LogP contribution in [0.2, 0.25) is 10.0 Å². The average Bonchev–Trinajstić information content (AvgIpc) is 3.35. The van der Waals surface area contributed by atoms with E-state index in [9.17, 15) is 0 Å². The standard InChI is InChI=1S/C24H22Cl2N6/c25-17-6-3-7-19(21(17)26)32-14-18-23(30-32)29-20(13-28-18)31-10-8-24(9-11-31)12-15-4-1-2-5-16(15)22(24)27/h1-7,13-14,22H,8-12,27H2/t22-/m1/s1. The summed E-state index contributed by atoms with van der Waals surface area (Å²) in [6.07, 6.45) is 6.79. The molecule has 6 nitrogen and oxygen atoms in total. The fraction of sp³-hybridized carbons (Fsp3) is 0.292. The molecule has 0 saturated carbocycles. The number of halogens is 2. The summed E-state index contributed by atoms with van der Waals surface area (Å²) in [6.45, 7) is 1.81. The molecule has 0 amide bonds. The van der Waals surface area contributed by atoms with E-state index in [0.29, 0.717) is 26.9 Å². The quantitative estimate of drug-likeness (QED) is 0.453. The van der Waals surface area contributed by atoms with Crippen LogP contribution in [0.1, 0.15) is 30.0 Å². The number of benzene rings is 2. The molecule has 0 bridgehead atoms. The van der Waals surface area contributed by atoms with E-state index in [1.165, 1.54) is 11.1 Å². The van der Waals surface area contributed by atoms with Gasteiger partial charge in [-0.3, -0.25) is 0 Å². The molecule has 2 aromatic carbocycles. The molecule has 1 aliphatic carbocycles. The molecule has 0 unspecified atom stereocenters. The van der Waals surface area contributed by atoms with Gasteiger partial charge in [-0.1, -0.05) is 53.5 Å². The van der Waals surface area contributed by atoms with E-state index in [1.54, 1.807) is 10.7 Å². The van der Waals surface area contributed by atoms with Crippen LogP contribution in [0.15, 0.2) is 54.9 Å². The highest BCUT2D eigenvalue weighted by atomic mass is 35.5. The van der Waals surface area contributed by atoms with Gasteiger partial charge in [0.15, 0.2) is 0 Å². The summed E-state index contributed by atoms with van der Waals surface area (Å²) in [6, 6.07) is 14.2. The first-order valence-electron chi connectivity index (χ1n) is 10.8. The van der Waals surface area contributed by atoms with Crippen molar-refractivity contribution in [2.45, 2.75) is 25.3 Å². The maximum atomic E-state index is 6.72. The smallest absolute Gasteiger partial charge is 0.202 e. The first kappa shape index (κ1) is 20.0. The SMILES string of the molecule is N[C@@H]1c2ccccc2CC12CCN(c1cnc3cn(-c4cccc(Cl)c4Cl)nc3n1)CC2. The molecular weight excluding hydrogens is 443 g/mol. The summed E-state index contributed by atoms with van der Waals surface area (Å²) in [7, 11) is 0. The van der Waals surface area contributed by atoms with Gasteiger partial charge in [0.05, 0.1) is 28.1 Å². The maximum absolute atomic E-state index is 6.72. The molecule has 162 valence electrons. The van der Waals surface area contributed by atoms with Crippen LogP contribution in [-0.2, 0) is 6.42 Å². The molecule has 0 radical (unpaired) electrons. The van der Waals surface area contributed by atoms with Crippen LogP contribution in [0.4, 0.5) is 5.82 Å². The molecule has 2 N–H and O–H groups in total. The largest absolute Gasteiger partial charge is 0.355 e. The van der Waals surface area contributed by atoms with Crippen molar-refractivity contribution in [1.29, 1.82) is 0 Å². The van der Waals surface area contributed by atoms with Gasteiger partial charge in [-0.05, 0) is 47.9 Å². The minimum atomic E-state index is 0.104. The van der Waals surface area contributed by atoms with Gasteiger partial charge < -0.3 is 10.6 Å². The summed E-state index contributed by atoms with van der Waals surface area (Å²) >= 11 is 12.5. The zero-order valence-corrected chi connectivity index (χ0v) is 18.9. The minimum absolute atomic E-state index is 0.104. The van der Waals surface area contributed by atoms with Gasteiger partial charge in [0.1, 0.15) is 11.3 Å². The average molecular weight is 465 g/mol. The molecule has 8 heteroatoms. The molecule has 3 heterocycles. The van der Waals surface area contributed by atoms with Crippen LogP contribution in [0.5, 0.6) is 0 Å². The summed E-state index contributed by atoms with van der Waals surface area (Å²) in [5, 5.41) is 5.55. The minimum Gasteiger partial charge on any atom is -0.355 e. The number of fused-ring (bicyclic) bond motifs is 2. The highest BCUT2D eigenvalue weighted by Crippen LogP contribution is 2.50. The summed E-state index contributed by atoms with van der Waals surface area (Å²) in [5.41, 5.74) is 11.6. The molecular formula is C24H22Cl2N6. The lowest BCUT2D eigenvalue weighted by Crippen LogP contribution is -2.44. The van der Waals surface area contributed by atoms with Crippen molar-refractivity contribution in [2.24, 2.45) is 11.1 Å². The molecule has 6 rings (SSSR count). The Kier molecular flexibility index (Phi) is 4.64. The van der Waals surface area contributed by atoms with E-state index >= 15 is 0 Å². The van der Waals surface area contributed by atoms with Crippen LogP contribution in [0.3, 0.4) is 0 Å². The maximum Gasteiger partial charge on any atom is 0.202 e. The molecule has 1 spiro atoms. The first-order valence-corrected chi connectivity index (χ1v) is 11.5. The Bertz CT molecular complexity index is 1330. The lowest BCUT2D eigenvalue weighted by Gasteiger charge is -2.42. The monoisotopic (exact) mass is 464 g/mol. The molecule has 1 aliphatic heterocycles. The van der Waals surface area contributed by atoms with Crippen molar-refractivity contribution >= 4 is 40.2 Å². The predicted molar refractivity (Wildman–Crippen MR) is 128 cm³/mol. The number of hydrogen-bond donors (Lipinski definition) is 1. The number of piperidine rings is 1. The Morgan fingerprint density at radius 1 is 1.03 bits per heavy atom. The number of aromatic nitrogens is 4. The number of nitrogens with zero attached hydrogens (tertiary/aromatic N) is 5. The lowest BCUT2D eigenvalue weighted by atomic mass is 9.73. The van der Waals surface area contributed by atoms with Gasteiger partial charge >= 0.3 is 0 Å². The van der Waals surface area contributed by atoms with Crippen LogP contribution >= 0.6 is 23.2 Å². The second-order valence-electron chi connectivity index (χ2n) is 8.79. The Morgan fingerprint density at radius 2 is 1.84 bits per heavy atom. The van der Waals surface area contributed by atoms with Crippen molar-refractivity contribution in [3.63, 3.8) is 0 Å². The Hall–Kier alpha value is -2.67. The van der Waals surface area contributed by atoms with Crippen LogP contribution in [0, 0.1) is 5.41 Å². The number of nitrogens with two attached hydrogens (primary N) is 1. The van der Waals surface area contributed by atoms with Gasteiger partial charge in [-0.25, -0.2) is 14.6 Å². The Morgan fingerprint density at radius 3 is 2.66 bits per heavy atom. The van der Waals surface area contributed by atoms with E-state index in [-0.39, 0.29) is 11.5 Å². The second-order valence-corrected chi connectivity index (χ2v) is 9.57. The van der Waals surface area contributed by atoms with Gasteiger partial charge in [0.2, 0.25) is 5.65 Å². The van der Waals surface area contributed by atoms with Crippen LogP contribution in [-0.4, -0.2) is 32.8 Å². The van der Waals surface area contributed by atoms with Crippen molar-refractivity contribution in [2.75, 3.05) is 18.0 Å². The molecule has 2 aromatic heterocycles. The third-order valence-electron chi connectivity index (χ3n) is 7.07. The molecule has 1 saturated heterocycles. The summed E-state index contributed by atoms with van der Waals surface area (Å²) in [5.74, 6) is 0.846. The molecule has 1 fully saturated rings. The van der Waals surface area contributed by atoms with E-state index in [2.05, 4.69) is 39.2 Å². The topological polar surface area (TPSA) is 72.9 Å². The van der Waals surface area contributed by atoms with E-state index in [0.717, 1.165) is 38.2 Å². The van der Waals surface area contributed by atoms with Crippen molar-refractivity contribution in [3.05, 3.63) is 76.0 Å². The van der Waals surface area contributed by atoms with E-state index in [4.69, 9.17) is 33.9 Å². The highest BCUT2D eigenvalue weighted by molar-refractivity contribution is 6.43. The normalized spacial score (nSPS) is 19.6. The van der Waals surface area contributed by atoms with Gasteiger partial charge in [0.25, 0.3) is 0 Å². The highest BCUT2D eigenvalue weighted by Gasteiger charge is 2.45. The zero-order valence-electron chi connectivity index (χ0n) is 17.4. The lowest BCUT2D eigenvalue weighted by molar-refractivity contribution is 0.187. The Balaban J connectivity index is 1.24. The number of rotatable bonds is 2. The number of hydrogen-bond acceptors (Lipinski definition) is 5. The third-order valence-corrected chi connectivity index (χ3v) is 7.88. The van der Waals surface area contributed by atoms with E-state index < -0.39 is 0 Å². The third kappa shape index (κ3) is 3.09. The number of anilines is 1. The predicted octanol–water partition coefficient (Wildman–Crippen LogP) is 4.97. The van der Waals surface area contributed by atoms with Gasteiger partial charge in [-0.15, -0.1) is 5.10 Å². The first-order chi connectivity index (χ1) is 15.5. The van der Waals surface area contributed by atoms with E-state index in [1.807, 2.05) is 24.5 Å². The Labute approximate surface area is 196 Å². The zero-order chi connectivity index (χ0) is 21.9. The molecule has 1 atom stereocenters. The van der Waals surface area contributed by atoms with Gasteiger partial charge in [-0.2, -0.15) is 0 Å². The molecule has 32 heavy (non-hydrogen) atoms. The molecule has 4 aromatic rings. The summed E-state index contributed by atoms with van der Waals surface area (Å²) < 4.78 is 1.68. The van der Waals surface area contributed by atoms with Crippen molar-refractivity contribution in [1.82, 2.24) is 19.7 Å². The summed E-state index contributed by atoms with van der Waals surface area (Å²) in [4.78, 5) is 11.7. The van der Waals surface area contributed by atoms with Crippen molar-refractivity contribution in [3.8, 4) is 5.69 Å². The van der Waals surface area contributed by atoms with Crippen molar-refractivity contribution < 1.29 is 0 Å². The molecule has 2 aliphatic rings. The van der Waals surface area contributed by atoms with Gasteiger partial charge in [0, 0.05) is 19.1 Å². The van der Waals surface area contributed by atoms with Crippen LogP contribution in [0.25, 0.3) is 16.9 Å². The fourth-order valence-electron chi connectivity index (χ4n) is 5.22. The second kappa shape index (κ2) is 7.44. The fourth-order valence-corrected chi connectivity index (χ4v) is 5.60. The van der Waals surface area contributed by atoms with Crippen LogP contribution < -0.4 is 10.6 Å².